The predicted octanol–water partition coefficient (Wildman–Crippen LogP) is 6.20. The molecule has 0 bridgehead atoms. The van der Waals surface area contributed by atoms with Crippen molar-refractivity contribution in [2.75, 3.05) is 10.6 Å². The minimum Gasteiger partial charge on any atom is -0.322 e. The molecule has 0 saturated heterocycles. The number of amides is 2. The molecule has 0 atom stereocenters. The molecular weight excluding hydrogens is 444 g/mol. The van der Waals surface area contributed by atoms with E-state index in [4.69, 9.17) is 46.4 Å². The highest BCUT2D eigenvalue weighted by Gasteiger charge is 2.12. The van der Waals surface area contributed by atoms with E-state index in [-0.39, 0.29) is 11.3 Å². The fourth-order valence-electron chi connectivity index (χ4n) is 2.31. The summed E-state index contributed by atoms with van der Waals surface area (Å²) in [6.07, 6.45) is 1.29. The van der Waals surface area contributed by atoms with Crippen LogP contribution in [0.2, 0.25) is 20.1 Å². The number of nitrogens with zero attached hydrogens (tertiary/aromatic N) is 1. The molecule has 5 nitrogen and oxygen atoms in total. The van der Waals surface area contributed by atoms with Crippen LogP contribution >= 0.6 is 46.4 Å². The Labute approximate surface area is 180 Å². The van der Waals surface area contributed by atoms with Gasteiger partial charge in [-0.05, 0) is 48.5 Å². The van der Waals surface area contributed by atoms with Gasteiger partial charge in [0.25, 0.3) is 11.8 Å². The van der Waals surface area contributed by atoms with Crippen LogP contribution in [0, 0.1) is 0 Å². The van der Waals surface area contributed by atoms with Crippen LogP contribution in [0.4, 0.5) is 11.4 Å². The summed E-state index contributed by atoms with van der Waals surface area (Å²) in [5, 5.41) is 6.88. The van der Waals surface area contributed by atoms with E-state index in [9.17, 15) is 9.59 Å². The zero-order valence-electron chi connectivity index (χ0n) is 14.0. The standard InChI is InChI=1S/C19H11Cl4N3O2/c20-11-3-12(21)6-15(5-11)25-18(27)10-1-2-17(24-9-10)19(28)26-16-7-13(22)4-14(23)8-16/h1-9H,(H,25,27)(H,26,28). The van der Waals surface area contributed by atoms with Gasteiger partial charge in [0.05, 0.1) is 5.56 Å². The second-order valence-electron chi connectivity index (χ2n) is 5.66. The fraction of sp³-hybridized carbons (Fsp3) is 0. The Kier molecular flexibility index (Phi) is 6.42. The summed E-state index contributed by atoms with van der Waals surface area (Å²) in [6.45, 7) is 0. The zero-order valence-corrected chi connectivity index (χ0v) is 17.0. The number of hydrogen-bond donors (Lipinski definition) is 2. The lowest BCUT2D eigenvalue weighted by molar-refractivity contribution is 0.101. The molecule has 1 aromatic heterocycles. The molecule has 3 aromatic rings. The maximum absolute atomic E-state index is 12.3. The summed E-state index contributed by atoms with van der Waals surface area (Å²) in [4.78, 5) is 28.6. The van der Waals surface area contributed by atoms with Crippen LogP contribution in [0.25, 0.3) is 0 Å². The molecule has 0 aliphatic carbocycles. The van der Waals surface area contributed by atoms with Crippen molar-refractivity contribution < 1.29 is 9.59 Å². The summed E-state index contributed by atoms with van der Waals surface area (Å²) in [7, 11) is 0. The number of halogens is 4. The fourth-order valence-corrected chi connectivity index (χ4v) is 3.36. The summed E-state index contributed by atoms with van der Waals surface area (Å²) in [6, 6.07) is 12.3. The number of carbonyl (C=O) groups is 2. The average molecular weight is 455 g/mol. The molecule has 0 spiro atoms. The SMILES string of the molecule is O=C(Nc1cc(Cl)cc(Cl)c1)c1ccc(C(=O)Nc2cc(Cl)cc(Cl)c2)nc1. The molecule has 0 aliphatic heterocycles. The Hall–Kier alpha value is -2.31. The minimum absolute atomic E-state index is 0.124. The van der Waals surface area contributed by atoms with Gasteiger partial charge in [-0.3, -0.25) is 14.6 Å². The summed E-state index contributed by atoms with van der Waals surface area (Å²) < 4.78 is 0. The van der Waals surface area contributed by atoms with Crippen LogP contribution < -0.4 is 10.6 Å². The van der Waals surface area contributed by atoms with Crippen molar-refractivity contribution in [3.63, 3.8) is 0 Å². The molecule has 0 radical (unpaired) electrons. The number of hydrogen-bond acceptors (Lipinski definition) is 3. The largest absolute Gasteiger partial charge is 0.322 e. The van der Waals surface area contributed by atoms with Gasteiger partial charge in [-0.2, -0.15) is 0 Å². The molecule has 2 N–H and O–H groups in total. The van der Waals surface area contributed by atoms with Gasteiger partial charge >= 0.3 is 0 Å². The van der Waals surface area contributed by atoms with Crippen molar-refractivity contribution in [2.24, 2.45) is 0 Å². The first kappa shape index (κ1) is 20.4. The lowest BCUT2D eigenvalue weighted by Gasteiger charge is -2.08. The van der Waals surface area contributed by atoms with E-state index in [1.807, 2.05) is 0 Å². The van der Waals surface area contributed by atoms with Crippen LogP contribution in [-0.2, 0) is 0 Å². The van der Waals surface area contributed by atoms with Gasteiger partial charge < -0.3 is 10.6 Å². The van der Waals surface area contributed by atoms with Crippen molar-refractivity contribution in [3.05, 3.63) is 86.1 Å². The van der Waals surface area contributed by atoms with Crippen LogP contribution in [0.3, 0.4) is 0 Å². The number of aromatic nitrogens is 1. The van der Waals surface area contributed by atoms with E-state index in [1.54, 1.807) is 36.4 Å². The number of anilines is 2. The van der Waals surface area contributed by atoms with E-state index in [0.717, 1.165) is 0 Å². The van der Waals surface area contributed by atoms with Crippen LogP contribution in [0.1, 0.15) is 20.8 Å². The first-order chi connectivity index (χ1) is 13.3. The highest BCUT2D eigenvalue weighted by molar-refractivity contribution is 6.35. The number of rotatable bonds is 4. The maximum atomic E-state index is 12.3. The normalized spacial score (nSPS) is 10.4. The summed E-state index contributed by atoms with van der Waals surface area (Å²) >= 11 is 23.6. The number of nitrogens with one attached hydrogen (secondary N) is 2. The number of pyridine rings is 1. The van der Waals surface area contributed by atoms with Gasteiger partial charge in [-0.15, -0.1) is 0 Å². The first-order valence-corrected chi connectivity index (χ1v) is 9.32. The third-order valence-electron chi connectivity index (χ3n) is 3.50. The van der Waals surface area contributed by atoms with E-state index < -0.39 is 11.8 Å². The monoisotopic (exact) mass is 453 g/mol. The van der Waals surface area contributed by atoms with Crippen LogP contribution in [-0.4, -0.2) is 16.8 Å². The third kappa shape index (κ3) is 5.36. The minimum atomic E-state index is -0.466. The van der Waals surface area contributed by atoms with Crippen molar-refractivity contribution in [2.45, 2.75) is 0 Å². The lowest BCUT2D eigenvalue weighted by Crippen LogP contribution is -2.16. The number of carbonyl (C=O) groups excluding carboxylic acids is 2. The molecule has 0 aliphatic rings. The lowest BCUT2D eigenvalue weighted by atomic mass is 10.2. The Morgan fingerprint density at radius 1 is 0.679 bits per heavy atom. The molecule has 142 valence electrons. The maximum Gasteiger partial charge on any atom is 0.274 e. The van der Waals surface area contributed by atoms with E-state index >= 15 is 0 Å². The average Bonchev–Trinajstić information content (AvgIpc) is 2.60. The van der Waals surface area contributed by atoms with Crippen LogP contribution in [0.15, 0.2) is 54.7 Å². The summed E-state index contributed by atoms with van der Waals surface area (Å²) in [5.74, 6) is -0.883. The van der Waals surface area contributed by atoms with Crippen molar-refractivity contribution in [1.29, 1.82) is 0 Å². The Morgan fingerprint density at radius 2 is 1.14 bits per heavy atom. The summed E-state index contributed by atoms with van der Waals surface area (Å²) in [5.41, 5.74) is 1.27. The highest BCUT2D eigenvalue weighted by Crippen LogP contribution is 2.24. The Bertz CT molecular complexity index is 931. The second kappa shape index (κ2) is 8.80. The van der Waals surface area contributed by atoms with Crippen LogP contribution in [0.5, 0.6) is 0 Å². The zero-order chi connectivity index (χ0) is 20.3. The van der Waals surface area contributed by atoms with E-state index in [0.29, 0.717) is 31.5 Å². The van der Waals surface area contributed by atoms with E-state index in [1.165, 1.54) is 18.3 Å². The predicted molar refractivity (Wildman–Crippen MR) is 113 cm³/mol. The van der Waals surface area contributed by atoms with Gasteiger partial charge in [-0.25, -0.2) is 0 Å². The molecule has 0 unspecified atom stereocenters. The van der Waals surface area contributed by atoms with E-state index in [2.05, 4.69) is 15.6 Å². The molecule has 0 fully saturated rings. The van der Waals surface area contributed by atoms with Gasteiger partial charge in [0.2, 0.25) is 0 Å². The van der Waals surface area contributed by atoms with Gasteiger partial charge in [0.15, 0.2) is 0 Å². The van der Waals surface area contributed by atoms with Crippen molar-refractivity contribution in [3.8, 4) is 0 Å². The molecule has 1 heterocycles. The molecular formula is C19H11Cl4N3O2. The molecule has 9 heteroatoms. The van der Waals surface area contributed by atoms with Gasteiger partial charge in [0.1, 0.15) is 5.69 Å². The quantitative estimate of drug-likeness (QED) is 0.492. The third-order valence-corrected chi connectivity index (χ3v) is 4.37. The molecule has 2 amide bonds. The van der Waals surface area contributed by atoms with Crippen molar-refractivity contribution in [1.82, 2.24) is 4.98 Å². The van der Waals surface area contributed by atoms with Gasteiger partial charge in [0, 0.05) is 37.7 Å². The Balaban J connectivity index is 1.69. The molecule has 3 rings (SSSR count). The molecule has 28 heavy (non-hydrogen) atoms. The second-order valence-corrected chi connectivity index (χ2v) is 7.40. The first-order valence-electron chi connectivity index (χ1n) is 7.81. The van der Waals surface area contributed by atoms with Crippen molar-refractivity contribution >= 4 is 69.6 Å². The Morgan fingerprint density at radius 3 is 1.57 bits per heavy atom. The highest BCUT2D eigenvalue weighted by atomic mass is 35.5. The number of benzene rings is 2. The smallest absolute Gasteiger partial charge is 0.274 e. The topological polar surface area (TPSA) is 71.1 Å². The molecule has 2 aromatic carbocycles. The molecule has 0 saturated carbocycles. The van der Waals surface area contributed by atoms with Gasteiger partial charge in [-0.1, -0.05) is 46.4 Å².